The maximum Gasteiger partial charge on any atom is 0.250 e. The molecule has 35 heavy (non-hydrogen) atoms. The molecule has 186 valence electrons. The van der Waals surface area contributed by atoms with Crippen LogP contribution in [0.4, 0.5) is 5.69 Å². The van der Waals surface area contributed by atoms with Gasteiger partial charge in [0, 0.05) is 30.8 Å². The fraction of sp³-hybridized carbons (Fsp3) is 0.440. The maximum absolute atomic E-state index is 12.7. The topological polar surface area (TPSA) is 125 Å². The third-order valence-electron chi connectivity index (χ3n) is 6.40. The van der Waals surface area contributed by atoms with E-state index in [1.54, 1.807) is 12.1 Å². The smallest absolute Gasteiger partial charge is 0.250 e. The lowest BCUT2D eigenvalue weighted by Crippen LogP contribution is -2.47. The molecular weight excluding hydrogens is 456 g/mol. The van der Waals surface area contributed by atoms with Crippen LogP contribution in [0.5, 0.6) is 17.2 Å². The molecule has 2 amide bonds. The SMILES string of the molecule is COCC(=O)Nc1ccc2c(c1)[C@H]1C[C@@H](CC(=O)NCc3ccc4c(c3)OCO4)O[C@H](CO)[C@H]1O2. The van der Waals surface area contributed by atoms with Crippen LogP contribution in [0.15, 0.2) is 36.4 Å². The number of carbonyl (C=O) groups is 2. The molecule has 4 atom stereocenters. The number of fused-ring (bicyclic) bond motifs is 4. The van der Waals surface area contributed by atoms with E-state index in [4.69, 9.17) is 23.7 Å². The fourth-order valence-corrected chi connectivity index (χ4v) is 4.83. The molecule has 0 radical (unpaired) electrons. The summed E-state index contributed by atoms with van der Waals surface area (Å²) in [5.74, 6) is 1.59. The molecule has 3 heterocycles. The number of nitrogens with one attached hydrogen (secondary N) is 2. The molecule has 0 spiro atoms. The van der Waals surface area contributed by atoms with Crippen molar-refractivity contribution in [2.24, 2.45) is 0 Å². The quantitative estimate of drug-likeness (QED) is 0.517. The Hall–Kier alpha value is -3.34. The minimum absolute atomic E-state index is 0.0382. The van der Waals surface area contributed by atoms with Crippen molar-refractivity contribution < 1.29 is 38.4 Å². The molecule has 3 N–H and O–H groups in total. The van der Waals surface area contributed by atoms with Crippen molar-refractivity contribution in [1.82, 2.24) is 5.32 Å². The third kappa shape index (κ3) is 5.04. The van der Waals surface area contributed by atoms with E-state index in [9.17, 15) is 14.7 Å². The normalized spacial score (nSPS) is 23.7. The number of aliphatic hydroxyl groups is 1. The van der Waals surface area contributed by atoms with Gasteiger partial charge in [0.1, 0.15) is 24.6 Å². The van der Waals surface area contributed by atoms with Crippen LogP contribution in [-0.4, -0.2) is 62.3 Å². The summed E-state index contributed by atoms with van der Waals surface area (Å²) in [5.41, 5.74) is 2.47. The summed E-state index contributed by atoms with van der Waals surface area (Å²) >= 11 is 0. The van der Waals surface area contributed by atoms with Gasteiger partial charge in [-0.05, 0) is 42.3 Å². The van der Waals surface area contributed by atoms with E-state index in [1.807, 2.05) is 24.3 Å². The first-order valence-electron chi connectivity index (χ1n) is 11.5. The number of anilines is 1. The van der Waals surface area contributed by atoms with Crippen molar-refractivity contribution in [3.8, 4) is 17.2 Å². The molecule has 2 aromatic rings. The Morgan fingerprint density at radius 2 is 1.91 bits per heavy atom. The minimum atomic E-state index is -0.556. The lowest BCUT2D eigenvalue weighted by Gasteiger charge is -2.37. The minimum Gasteiger partial charge on any atom is -0.487 e. The summed E-state index contributed by atoms with van der Waals surface area (Å²) < 4.78 is 27.7. The van der Waals surface area contributed by atoms with Gasteiger partial charge in [-0.1, -0.05) is 6.07 Å². The zero-order valence-electron chi connectivity index (χ0n) is 19.3. The van der Waals surface area contributed by atoms with Crippen molar-refractivity contribution in [2.45, 2.75) is 43.6 Å². The molecule has 0 saturated carbocycles. The van der Waals surface area contributed by atoms with Gasteiger partial charge in [-0.15, -0.1) is 0 Å². The second-order valence-electron chi connectivity index (χ2n) is 8.81. The molecule has 0 unspecified atom stereocenters. The van der Waals surface area contributed by atoms with E-state index in [2.05, 4.69) is 10.6 Å². The highest BCUT2D eigenvalue weighted by molar-refractivity contribution is 5.92. The van der Waals surface area contributed by atoms with E-state index in [0.29, 0.717) is 35.9 Å². The molecular formula is C25H28N2O8. The largest absolute Gasteiger partial charge is 0.487 e. The first-order chi connectivity index (χ1) is 17.0. The van der Waals surface area contributed by atoms with E-state index < -0.39 is 6.10 Å². The van der Waals surface area contributed by atoms with Crippen LogP contribution in [0, 0.1) is 0 Å². The van der Waals surface area contributed by atoms with Crippen molar-refractivity contribution >= 4 is 17.5 Å². The molecule has 3 aliphatic rings. The zero-order valence-corrected chi connectivity index (χ0v) is 19.3. The molecule has 2 aromatic carbocycles. The van der Waals surface area contributed by atoms with Crippen LogP contribution in [0.3, 0.4) is 0 Å². The van der Waals surface area contributed by atoms with Gasteiger partial charge in [-0.3, -0.25) is 9.59 Å². The zero-order chi connectivity index (χ0) is 24.4. The summed E-state index contributed by atoms with van der Waals surface area (Å²) in [4.78, 5) is 24.6. The van der Waals surface area contributed by atoms with Gasteiger partial charge in [0.05, 0.1) is 19.1 Å². The number of benzene rings is 2. The van der Waals surface area contributed by atoms with E-state index in [1.165, 1.54) is 7.11 Å². The predicted octanol–water partition coefficient (Wildman–Crippen LogP) is 1.70. The summed E-state index contributed by atoms with van der Waals surface area (Å²) in [5, 5.41) is 15.7. The van der Waals surface area contributed by atoms with Crippen LogP contribution < -0.4 is 24.8 Å². The van der Waals surface area contributed by atoms with Crippen molar-refractivity contribution in [3.05, 3.63) is 47.5 Å². The summed E-state index contributed by atoms with van der Waals surface area (Å²) in [6, 6.07) is 11.0. The number of amides is 2. The average Bonchev–Trinajstić information content (AvgIpc) is 3.46. The lowest BCUT2D eigenvalue weighted by molar-refractivity contribution is -0.142. The number of carbonyl (C=O) groups excluding carboxylic acids is 2. The van der Waals surface area contributed by atoms with E-state index >= 15 is 0 Å². The highest BCUT2D eigenvalue weighted by Gasteiger charge is 2.46. The molecule has 5 rings (SSSR count). The number of ether oxygens (including phenoxy) is 5. The molecule has 3 aliphatic heterocycles. The molecule has 0 aromatic heterocycles. The molecule has 1 fully saturated rings. The predicted molar refractivity (Wildman–Crippen MR) is 123 cm³/mol. The molecule has 0 bridgehead atoms. The Morgan fingerprint density at radius 1 is 1.09 bits per heavy atom. The summed E-state index contributed by atoms with van der Waals surface area (Å²) in [6.45, 7) is 0.297. The average molecular weight is 485 g/mol. The molecule has 1 saturated heterocycles. The number of hydrogen-bond donors (Lipinski definition) is 3. The number of rotatable bonds is 8. The van der Waals surface area contributed by atoms with Crippen molar-refractivity contribution in [1.29, 1.82) is 0 Å². The van der Waals surface area contributed by atoms with Gasteiger partial charge in [0.15, 0.2) is 11.5 Å². The highest BCUT2D eigenvalue weighted by Crippen LogP contribution is 2.47. The molecule has 10 nitrogen and oxygen atoms in total. The fourth-order valence-electron chi connectivity index (χ4n) is 4.83. The second-order valence-corrected chi connectivity index (χ2v) is 8.81. The van der Waals surface area contributed by atoms with Crippen LogP contribution in [0.1, 0.15) is 29.9 Å². The Labute approximate surface area is 202 Å². The van der Waals surface area contributed by atoms with Crippen LogP contribution >= 0.6 is 0 Å². The van der Waals surface area contributed by atoms with Crippen molar-refractivity contribution in [2.75, 3.05) is 32.4 Å². The summed E-state index contributed by atoms with van der Waals surface area (Å²) in [7, 11) is 1.46. The number of aliphatic hydroxyl groups excluding tert-OH is 1. The Kier molecular flexibility index (Phi) is 6.76. The maximum atomic E-state index is 12.7. The Bertz CT molecular complexity index is 1110. The first-order valence-corrected chi connectivity index (χ1v) is 11.5. The van der Waals surface area contributed by atoms with Crippen LogP contribution in [-0.2, 0) is 25.6 Å². The van der Waals surface area contributed by atoms with Gasteiger partial charge in [-0.2, -0.15) is 0 Å². The van der Waals surface area contributed by atoms with Gasteiger partial charge >= 0.3 is 0 Å². The monoisotopic (exact) mass is 484 g/mol. The third-order valence-corrected chi connectivity index (χ3v) is 6.40. The van der Waals surface area contributed by atoms with Gasteiger partial charge < -0.3 is 39.4 Å². The lowest BCUT2D eigenvalue weighted by atomic mass is 9.84. The summed E-state index contributed by atoms with van der Waals surface area (Å²) in [6.07, 6.45) is -0.580. The Balaban J connectivity index is 1.22. The standard InChI is InChI=1S/C25H28N2O8/c1-31-12-24(30)27-15-3-5-19-17(7-15)18-8-16(34-22(11-28)25(18)35-19)9-23(29)26-10-14-2-4-20-21(6-14)33-13-32-20/h2-7,16,18,22,25,28H,8-13H2,1H3,(H,26,29)(H,27,30)/t16-,18+,22+,25-/m0/s1. The van der Waals surface area contributed by atoms with Crippen LogP contribution in [0.25, 0.3) is 0 Å². The molecule has 0 aliphatic carbocycles. The number of methoxy groups -OCH3 is 1. The van der Waals surface area contributed by atoms with Gasteiger partial charge in [0.2, 0.25) is 18.6 Å². The second kappa shape index (κ2) is 10.1. The van der Waals surface area contributed by atoms with E-state index in [0.717, 1.165) is 11.1 Å². The first kappa shape index (κ1) is 23.4. The van der Waals surface area contributed by atoms with Gasteiger partial charge in [0.25, 0.3) is 0 Å². The van der Waals surface area contributed by atoms with Crippen LogP contribution in [0.2, 0.25) is 0 Å². The van der Waals surface area contributed by atoms with E-state index in [-0.39, 0.29) is 56.4 Å². The Morgan fingerprint density at radius 3 is 2.74 bits per heavy atom. The molecule has 10 heteroatoms. The van der Waals surface area contributed by atoms with Crippen molar-refractivity contribution in [3.63, 3.8) is 0 Å². The van der Waals surface area contributed by atoms with Gasteiger partial charge in [-0.25, -0.2) is 0 Å². The number of hydrogen-bond acceptors (Lipinski definition) is 8. The highest BCUT2D eigenvalue weighted by atomic mass is 16.7.